The Kier molecular flexibility index (Phi) is 3.28. The van der Waals surface area contributed by atoms with E-state index in [1.54, 1.807) is 0 Å². The van der Waals surface area contributed by atoms with Crippen molar-refractivity contribution in [3.05, 3.63) is 17.4 Å². The second kappa shape index (κ2) is 4.14. The molecule has 3 N–H and O–H groups in total. The minimum absolute atomic E-state index is 0.0843. The summed E-state index contributed by atoms with van der Waals surface area (Å²) < 4.78 is 36.6. The summed E-state index contributed by atoms with van der Waals surface area (Å²) in [5.41, 5.74) is 5.68. The Balaban J connectivity index is 2.85. The number of aromatic nitrogens is 1. The van der Waals surface area contributed by atoms with Gasteiger partial charge in [0.25, 0.3) is 0 Å². The van der Waals surface area contributed by atoms with Crippen molar-refractivity contribution in [3.8, 4) is 0 Å². The van der Waals surface area contributed by atoms with E-state index in [2.05, 4.69) is 10.3 Å². The van der Waals surface area contributed by atoms with Gasteiger partial charge in [0.15, 0.2) is 0 Å². The third-order valence-electron chi connectivity index (χ3n) is 1.76. The first-order valence-electron chi connectivity index (χ1n) is 4.05. The first-order chi connectivity index (χ1) is 6.80. The molecule has 1 rings (SSSR count). The van der Waals surface area contributed by atoms with Crippen molar-refractivity contribution in [2.24, 2.45) is 0 Å². The van der Waals surface area contributed by atoms with Crippen LogP contribution in [0.5, 0.6) is 0 Å². The van der Waals surface area contributed by atoms with E-state index in [-0.39, 0.29) is 16.5 Å². The lowest BCUT2D eigenvalue weighted by Crippen LogP contribution is -2.33. The third-order valence-corrected chi connectivity index (χ3v) is 1.97. The number of rotatable bonds is 2. The van der Waals surface area contributed by atoms with Crippen LogP contribution in [0.4, 0.5) is 24.5 Å². The molecule has 0 aromatic carbocycles. The Hall–Kier alpha value is -1.17. The first-order valence-corrected chi connectivity index (χ1v) is 4.43. The predicted molar refractivity (Wildman–Crippen MR) is 52.8 cm³/mol. The van der Waals surface area contributed by atoms with E-state index in [0.29, 0.717) is 0 Å². The molecule has 0 saturated carbocycles. The summed E-state index contributed by atoms with van der Waals surface area (Å²) in [6, 6.07) is -0.447. The van der Waals surface area contributed by atoms with Crippen molar-refractivity contribution in [2.75, 3.05) is 11.1 Å². The van der Waals surface area contributed by atoms with Crippen molar-refractivity contribution >= 4 is 23.0 Å². The summed E-state index contributed by atoms with van der Waals surface area (Å²) in [5, 5.41) is 2.30. The third kappa shape index (κ3) is 3.16. The molecule has 0 aliphatic carbocycles. The van der Waals surface area contributed by atoms with Gasteiger partial charge >= 0.3 is 6.18 Å². The average molecular weight is 240 g/mol. The van der Waals surface area contributed by atoms with E-state index in [4.69, 9.17) is 17.3 Å². The van der Waals surface area contributed by atoms with E-state index in [1.165, 1.54) is 12.3 Å². The fourth-order valence-electron chi connectivity index (χ4n) is 0.881. The molecule has 0 aliphatic rings. The highest BCUT2D eigenvalue weighted by molar-refractivity contribution is 6.29. The van der Waals surface area contributed by atoms with E-state index in [9.17, 15) is 13.2 Å². The maximum absolute atomic E-state index is 12.2. The van der Waals surface area contributed by atoms with Crippen LogP contribution in [0, 0.1) is 0 Å². The zero-order valence-corrected chi connectivity index (χ0v) is 8.52. The molecule has 1 heterocycles. The van der Waals surface area contributed by atoms with Gasteiger partial charge in [0.1, 0.15) is 11.2 Å². The van der Waals surface area contributed by atoms with Crippen molar-refractivity contribution < 1.29 is 13.2 Å². The number of anilines is 2. The van der Waals surface area contributed by atoms with Crippen molar-refractivity contribution in [3.63, 3.8) is 0 Å². The Morgan fingerprint density at radius 3 is 2.67 bits per heavy atom. The number of alkyl halides is 3. The summed E-state index contributed by atoms with van der Waals surface area (Å²) in [6.45, 7) is 0.994. The molecule has 7 heteroatoms. The monoisotopic (exact) mass is 239 g/mol. The van der Waals surface area contributed by atoms with Gasteiger partial charge in [-0.2, -0.15) is 13.2 Å². The maximum atomic E-state index is 12.2. The summed E-state index contributed by atoms with van der Waals surface area (Å²) in [6.07, 6.45) is -3.13. The molecule has 1 aromatic rings. The lowest BCUT2D eigenvalue weighted by atomic mass is 10.3. The minimum Gasteiger partial charge on any atom is -0.396 e. The van der Waals surface area contributed by atoms with E-state index < -0.39 is 12.2 Å². The fraction of sp³-hybridized carbons (Fsp3) is 0.375. The van der Waals surface area contributed by atoms with Gasteiger partial charge in [0, 0.05) is 6.07 Å². The van der Waals surface area contributed by atoms with Crippen LogP contribution in [0.25, 0.3) is 0 Å². The summed E-state index contributed by atoms with van der Waals surface area (Å²) in [5.74, 6) is 0. The number of nitrogen functional groups attached to an aromatic ring is 1. The van der Waals surface area contributed by atoms with Gasteiger partial charge in [-0.05, 0) is 6.92 Å². The highest BCUT2D eigenvalue weighted by atomic mass is 35.5. The largest absolute Gasteiger partial charge is 0.408 e. The van der Waals surface area contributed by atoms with Crippen molar-refractivity contribution in [2.45, 2.75) is 19.1 Å². The predicted octanol–water partition coefficient (Wildman–Crippen LogP) is 2.68. The van der Waals surface area contributed by atoms with Crippen LogP contribution in [-0.2, 0) is 0 Å². The highest BCUT2D eigenvalue weighted by Gasteiger charge is 2.36. The number of halogens is 4. The Bertz CT molecular complexity index is 353. The SMILES string of the molecule is CC(Nc1cc(Cl)ncc1N)C(F)(F)F. The molecular weight excluding hydrogens is 231 g/mol. The number of nitrogens with two attached hydrogens (primary N) is 1. The normalized spacial score (nSPS) is 13.7. The first kappa shape index (κ1) is 11.9. The van der Waals surface area contributed by atoms with E-state index in [1.807, 2.05) is 0 Å². The molecule has 0 saturated heterocycles. The lowest BCUT2D eigenvalue weighted by Gasteiger charge is -2.19. The summed E-state index contributed by atoms with van der Waals surface area (Å²) in [7, 11) is 0. The number of nitrogens with zero attached hydrogens (tertiary/aromatic N) is 1. The minimum atomic E-state index is -4.33. The summed E-state index contributed by atoms with van der Waals surface area (Å²) >= 11 is 5.53. The molecule has 1 unspecified atom stereocenters. The van der Waals surface area contributed by atoms with Gasteiger partial charge in [-0.1, -0.05) is 11.6 Å². The molecule has 0 radical (unpaired) electrons. The second-order valence-electron chi connectivity index (χ2n) is 3.00. The average Bonchev–Trinajstić information content (AvgIpc) is 2.09. The Labute approximate surface area is 89.4 Å². The van der Waals surface area contributed by atoms with Gasteiger partial charge < -0.3 is 11.1 Å². The highest BCUT2D eigenvalue weighted by Crippen LogP contribution is 2.27. The van der Waals surface area contributed by atoms with E-state index >= 15 is 0 Å². The van der Waals surface area contributed by atoms with Crippen LogP contribution < -0.4 is 11.1 Å². The number of hydrogen-bond acceptors (Lipinski definition) is 3. The number of pyridine rings is 1. The standard InChI is InChI=1S/C8H9ClF3N3/c1-4(8(10,11)12)15-6-2-7(9)14-3-5(6)13/h2-4H,13H2,1H3,(H,14,15). The van der Waals surface area contributed by atoms with Crippen molar-refractivity contribution in [1.82, 2.24) is 4.98 Å². The Morgan fingerprint density at radius 1 is 1.53 bits per heavy atom. The van der Waals surface area contributed by atoms with Crippen LogP contribution in [0.15, 0.2) is 12.3 Å². The van der Waals surface area contributed by atoms with Crippen LogP contribution in [-0.4, -0.2) is 17.2 Å². The molecule has 3 nitrogen and oxygen atoms in total. The molecule has 84 valence electrons. The molecule has 0 spiro atoms. The van der Waals surface area contributed by atoms with Gasteiger partial charge in [0.2, 0.25) is 0 Å². The van der Waals surface area contributed by atoms with Gasteiger partial charge in [0.05, 0.1) is 17.6 Å². The van der Waals surface area contributed by atoms with E-state index in [0.717, 1.165) is 6.92 Å². The molecular formula is C8H9ClF3N3. The van der Waals surface area contributed by atoms with Gasteiger partial charge in [-0.25, -0.2) is 4.98 Å². The number of nitrogens with one attached hydrogen (secondary N) is 1. The smallest absolute Gasteiger partial charge is 0.396 e. The van der Waals surface area contributed by atoms with Gasteiger partial charge in [-0.15, -0.1) is 0 Å². The van der Waals surface area contributed by atoms with Crippen molar-refractivity contribution in [1.29, 1.82) is 0 Å². The molecule has 0 bridgehead atoms. The van der Waals surface area contributed by atoms with Gasteiger partial charge in [-0.3, -0.25) is 0 Å². The molecule has 0 fully saturated rings. The number of hydrogen-bond donors (Lipinski definition) is 2. The fourth-order valence-corrected chi connectivity index (χ4v) is 1.04. The van der Waals surface area contributed by atoms with Crippen LogP contribution in [0.2, 0.25) is 5.15 Å². The van der Waals surface area contributed by atoms with Crippen LogP contribution in [0.3, 0.4) is 0 Å². The zero-order valence-electron chi connectivity index (χ0n) is 7.77. The molecule has 0 aliphatic heterocycles. The molecule has 1 aromatic heterocycles. The quantitative estimate of drug-likeness (QED) is 0.780. The second-order valence-corrected chi connectivity index (χ2v) is 3.39. The molecule has 1 atom stereocenters. The van der Waals surface area contributed by atoms with Crippen LogP contribution >= 0.6 is 11.6 Å². The zero-order chi connectivity index (χ0) is 11.6. The lowest BCUT2D eigenvalue weighted by molar-refractivity contribution is -0.138. The van der Waals surface area contributed by atoms with Crippen LogP contribution in [0.1, 0.15) is 6.92 Å². The Morgan fingerprint density at radius 2 is 2.13 bits per heavy atom. The molecule has 0 amide bonds. The molecule has 15 heavy (non-hydrogen) atoms. The summed E-state index contributed by atoms with van der Waals surface area (Å²) in [4.78, 5) is 3.63. The maximum Gasteiger partial charge on any atom is 0.408 e. The topological polar surface area (TPSA) is 50.9 Å².